The van der Waals surface area contributed by atoms with E-state index in [2.05, 4.69) is 4.99 Å². The number of hydrogen-bond donors (Lipinski definition) is 0. The average molecular weight is 366 g/mol. The predicted molar refractivity (Wildman–Crippen MR) is 72.8 cm³/mol. The van der Waals surface area contributed by atoms with Gasteiger partial charge in [-0.1, -0.05) is 27.7 Å². The normalized spacial score (nSPS) is 18.9. The lowest BCUT2D eigenvalue weighted by Crippen LogP contribution is -2.58. The van der Waals surface area contributed by atoms with Gasteiger partial charge in [0.15, 0.2) is 0 Å². The smallest absolute Gasteiger partial charge is 0.323 e. The molecule has 1 aliphatic heterocycles. The molecule has 0 aliphatic carbocycles. The van der Waals surface area contributed by atoms with E-state index < -0.39 is 47.8 Å². The highest BCUT2D eigenvalue weighted by Crippen LogP contribution is 2.51. The fourth-order valence-electron chi connectivity index (χ4n) is 2.13. The third kappa shape index (κ3) is 4.00. The van der Waals surface area contributed by atoms with Gasteiger partial charge in [-0.15, -0.1) is 0 Å². The van der Waals surface area contributed by atoms with Gasteiger partial charge in [0.1, 0.15) is 17.1 Å². The first-order valence-corrected chi connectivity index (χ1v) is 7.19. The minimum Gasteiger partial charge on any atom is -0.323 e. The lowest BCUT2D eigenvalue weighted by atomic mass is 9.94. The Hall–Kier alpha value is -1.35. The van der Waals surface area contributed by atoms with Crippen LogP contribution in [0.4, 0.5) is 35.1 Å². The number of halogens is 8. The summed E-state index contributed by atoms with van der Waals surface area (Å²) in [6, 6.07) is 0. The molecule has 2 nitrogen and oxygen atoms in total. The van der Waals surface area contributed by atoms with Crippen molar-refractivity contribution < 1.29 is 35.1 Å². The van der Waals surface area contributed by atoms with Crippen molar-refractivity contribution in [1.29, 1.82) is 0 Å². The zero-order chi connectivity index (χ0) is 19.1. The van der Waals surface area contributed by atoms with Crippen molar-refractivity contribution >= 4 is 5.84 Å². The van der Waals surface area contributed by atoms with E-state index in [1.807, 2.05) is 0 Å². The Morgan fingerprint density at radius 2 is 1.38 bits per heavy atom. The molecule has 0 aromatic carbocycles. The first-order chi connectivity index (χ1) is 10.6. The summed E-state index contributed by atoms with van der Waals surface area (Å²) in [5.41, 5.74) is -4.06. The molecule has 1 heterocycles. The van der Waals surface area contributed by atoms with E-state index in [4.69, 9.17) is 0 Å². The van der Waals surface area contributed by atoms with Gasteiger partial charge in [0.25, 0.3) is 0 Å². The molecular formula is C14H18F8N2. The number of rotatable bonds is 5. The van der Waals surface area contributed by atoms with Crippen LogP contribution in [0.3, 0.4) is 0 Å². The molecule has 10 heteroatoms. The topological polar surface area (TPSA) is 15.6 Å². The molecule has 0 aromatic rings. The van der Waals surface area contributed by atoms with Gasteiger partial charge >= 0.3 is 18.3 Å². The fraction of sp³-hybridized carbons (Fsp3) is 0.786. The van der Waals surface area contributed by atoms with Gasteiger partial charge in [-0.05, 0) is 11.8 Å². The van der Waals surface area contributed by atoms with Gasteiger partial charge in [0, 0.05) is 13.1 Å². The van der Waals surface area contributed by atoms with Crippen LogP contribution in [0, 0.1) is 11.8 Å². The monoisotopic (exact) mass is 366 g/mol. The number of amidine groups is 1. The van der Waals surface area contributed by atoms with E-state index in [1.54, 1.807) is 13.8 Å². The van der Waals surface area contributed by atoms with E-state index in [0.717, 1.165) is 0 Å². The molecule has 0 atom stereocenters. The summed E-state index contributed by atoms with van der Waals surface area (Å²) < 4.78 is 104. The van der Waals surface area contributed by atoms with E-state index in [-0.39, 0.29) is 12.5 Å². The van der Waals surface area contributed by atoms with Crippen LogP contribution in [0.1, 0.15) is 27.7 Å². The fourth-order valence-corrected chi connectivity index (χ4v) is 2.13. The Balaban J connectivity index is 3.54. The molecule has 0 saturated carbocycles. The van der Waals surface area contributed by atoms with Gasteiger partial charge in [-0.3, -0.25) is 4.99 Å². The molecule has 0 amide bonds. The van der Waals surface area contributed by atoms with Crippen LogP contribution in [0.15, 0.2) is 16.3 Å². The lowest BCUT2D eigenvalue weighted by Gasteiger charge is -2.44. The molecule has 0 saturated heterocycles. The Labute approximate surface area is 134 Å². The SMILES string of the molecule is CC(C)CN=C1C(C(F)(F)F)=C(C(F)(F)C(F)(F)F)N1CC(C)C. The molecule has 1 aliphatic rings. The molecule has 0 N–H and O–H groups in total. The lowest BCUT2D eigenvalue weighted by molar-refractivity contribution is -0.272. The van der Waals surface area contributed by atoms with E-state index in [0.29, 0.717) is 4.90 Å². The summed E-state index contributed by atoms with van der Waals surface area (Å²) in [6.45, 7) is 5.73. The Kier molecular flexibility index (Phi) is 5.62. The van der Waals surface area contributed by atoms with Crippen molar-refractivity contribution in [2.24, 2.45) is 16.8 Å². The van der Waals surface area contributed by atoms with Crippen LogP contribution in [-0.4, -0.2) is 42.1 Å². The minimum atomic E-state index is -6.13. The summed E-state index contributed by atoms with van der Waals surface area (Å²) in [4.78, 5) is 3.96. The van der Waals surface area contributed by atoms with Gasteiger partial charge in [0.2, 0.25) is 0 Å². The van der Waals surface area contributed by atoms with E-state index >= 15 is 0 Å². The van der Waals surface area contributed by atoms with Crippen molar-refractivity contribution in [2.75, 3.05) is 13.1 Å². The summed E-state index contributed by atoms with van der Waals surface area (Å²) in [5, 5.41) is 0. The van der Waals surface area contributed by atoms with Crippen molar-refractivity contribution in [3.8, 4) is 0 Å². The first kappa shape index (κ1) is 20.7. The number of hydrogen-bond acceptors (Lipinski definition) is 1. The van der Waals surface area contributed by atoms with Crippen molar-refractivity contribution in [1.82, 2.24) is 4.90 Å². The molecule has 0 unspecified atom stereocenters. The third-order valence-corrected chi connectivity index (χ3v) is 3.08. The zero-order valence-electron chi connectivity index (χ0n) is 13.5. The highest BCUT2D eigenvalue weighted by atomic mass is 19.4. The molecule has 140 valence electrons. The molecule has 0 fully saturated rings. The van der Waals surface area contributed by atoms with Gasteiger partial charge in [-0.25, -0.2) is 0 Å². The Morgan fingerprint density at radius 1 is 0.875 bits per heavy atom. The molecule has 0 aromatic heterocycles. The van der Waals surface area contributed by atoms with Crippen LogP contribution in [0.5, 0.6) is 0 Å². The van der Waals surface area contributed by atoms with Crippen LogP contribution >= 0.6 is 0 Å². The number of nitrogens with zero attached hydrogens (tertiary/aromatic N) is 2. The number of allylic oxidation sites excluding steroid dienone is 1. The number of alkyl halides is 8. The van der Waals surface area contributed by atoms with Gasteiger partial charge < -0.3 is 4.90 Å². The molecule has 0 bridgehead atoms. The van der Waals surface area contributed by atoms with Crippen molar-refractivity contribution in [3.63, 3.8) is 0 Å². The summed E-state index contributed by atoms with van der Waals surface area (Å²) >= 11 is 0. The average Bonchev–Trinajstić information content (AvgIpc) is 2.29. The van der Waals surface area contributed by atoms with Crippen LogP contribution in [0.2, 0.25) is 0 Å². The Bertz CT molecular complexity index is 526. The highest BCUT2D eigenvalue weighted by Gasteiger charge is 2.68. The second-order valence-corrected chi connectivity index (χ2v) is 6.36. The maximum absolute atomic E-state index is 13.6. The summed E-state index contributed by atoms with van der Waals surface area (Å²) in [6.07, 6.45) is -11.5. The van der Waals surface area contributed by atoms with Crippen LogP contribution in [-0.2, 0) is 0 Å². The van der Waals surface area contributed by atoms with Crippen LogP contribution in [0.25, 0.3) is 0 Å². The van der Waals surface area contributed by atoms with Gasteiger partial charge in [0.05, 0.1) is 0 Å². The molecular weight excluding hydrogens is 348 g/mol. The molecule has 1 rings (SSSR count). The van der Waals surface area contributed by atoms with E-state index in [9.17, 15) is 35.1 Å². The summed E-state index contributed by atoms with van der Waals surface area (Å²) in [7, 11) is 0. The quantitative estimate of drug-likeness (QED) is 0.624. The second-order valence-electron chi connectivity index (χ2n) is 6.36. The third-order valence-electron chi connectivity index (χ3n) is 3.08. The maximum atomic E-state index is 13.6. The standard InChI is InChI=1S/C14H18F8N2/c1-7(2)5-23-11-9(13(17,18)19)10(24(11)6-8(3)4)12(15,16)14(20,21)22/h7-8H,5-6H2,1-4H3. The van der Waals surface area contributed by atoms with E-state index in [1.165, 1.54) is 13.8 Å². The van der Waals surface area contributed by atoms with Crippen molar-refractivity contribution in [2.45, 2.75) is 46.0 Å². The molecule has 0 spiro atoms. The van der Waals surface area contributed by atoms with Crippen molar-refractivity contribution in [3.05, 3.63) is 11.3 Å². The van der Waals surface area contributed by atoms with Gasteiger partial charge in [-0.2, -0.15) is 35.1 Å². The first-order valence-electron chi connectivity index (χ1n) is 7.19. The minimum absolute atomic E-state index is 0.117. The molecule has 24 heavy (non-hydrogen) atoms. The molecule has 0 radical (unpaired) electrons. The maximum Gasteiger partial charge on any atom is 0.459 e. The zero-order valence-corrected chi connectivity index (χ0v) is 13.5. The Morgan fingerprint density at radius 3 is 1.71 bits per heavy atom. The largest absolute Gasteiger partial charge is 0.459 e. The second kappa shape index (κ2) is 6.51. The summed E-state index contributed by atoms with van der Waals surface area (Å²) in [5.74, 6) is -7.09. The number of aliphatic imine (C=N–C) groups is 1. The van der Waals surface area contributed by atoms with Crippen LogP contribution < -0.4 is 0 Å². The highest BCUT2D eigenvalue weighted by molar-refractivity contribution is 6.07. The predicted octanol–water partition coefficient (Wildman–Crippen LogP) is 5.03.